The molecule has 0 bridgehead atoms. The second-order valence-corrected chi connectivity index (χ2v) is 9.92. The van der Waals surface area contributed by atoms with E-state index in [0.717, 1.165) is 51.7 Å². The van der Waals surface area contributed by atoms with Crippen LogP contribution in [0.15, 0.2) is 21.8 Å². The van der Waals surface area contributed by atoms with E-state index in [1.54, 1.807) is 0 Å². The fourth-order valence-electron chi connectivity index (χ4n) is 4.25. The van der Waals surface area contributed by atoms with Gasteiger partial charge in [-0.25, -0.2) is 0 Å². The van der Waals surface area contributed by atoms with Crippen LogP contribution in [0.25, 0.3) is 0 Å². The van der Waals surface area contributed by atoms with Crippen LogP contribution >= 0.6 is 12.6 Å². The van der Waals surface area contributed by atoms with Crippen molar-refractivity contribution in [1.82, 2.24) is 9.80 Å². The number of piperidine rings is 2. The highest BCUT2D eigenvalue weighted by molar-refractivity contribution is 7.81. The zero-order chi connectivity index (χ0) is 22.4. The maximum absolute atomic E-state index is 12.8. The number of alkyl halides is 3. The minimum Gasteiger partial charge on any atom is -0.327 e. The van der Waals surface area contributed by atoms with E-state index in [2.05, 4.69) is 33.4 Å². The van der Waals surface area contributed by atoms with Crippen LogP contribution in [0.1, 0.15) is 46.0 Å². The molecule has 2 N–H and O–H groups in total. The van der Waals surface area contributed by atoms with E-state index >= 15 is 0 Å². The Kier molecular flexibility index (Phi) is 9.39. The molecule has 2 aliphatic heterocycles. The minimum atomic E-state index is -4.46. The Bertz CT molecular complexity index is 602. The molecule has 0 spiro atoms. The summed E-state index contributed by atoms with van der Waals surface area (Å²) in [7, 11) is 0. The van der Waals surface area contributed by atoms with Crippen LogP contribution in [-0.2, 0) is 0 Å². The molecule has 5 nitrogen and oxygen atoms in total. The van der Waals surface area contributed by atoms with Gasteiger partial charge in [-0.15, -0.1) is 0 Å². The van der Waals surface area contributed by atoms with Crippen molar-refractivity contribution in [2.45, 2.75) is 69.0 Å². The van der Waals surface area contributed by atoms with Gasteiger partial charge in [-0.3, -0.25) is 14.9 Å². The van der Waals surface area contributed by atoms with Gasteiger partial charge in [-0.1, -0.05) is 0 Å². The van der Waals surface area contributed by atoms with Gasteiger partial charge >= 0.3 is 6.18 Å². The van der Waals surface area contributed by atoms with Gasteiger partial charge in [0.25, 0.3) is 0 Å². The topological polar surface area (TPSA) is 57.2 Å². The van der Waals surface area contributed by atoms with Gasteiger partial charge in [0, 0.05) is 42.3 Å². The summed E-state index contributed by atoms with van der Waals surface area (Å²) >= 11 is 4.76. The Morgan fingerprint density at radius 1 is 1.20 bits per heavy atom. The van der Waals surface area contributed by atoms with Crippen molar-refractivity contribution in [2.24, 2.45) is 21.6 Å². The maximum Gasteiger partial charge on any atom is 0.419 e. The lowest BCUT2D eigenvalue weighted by Crippen LogP contribution is -2.48. The quantitative estimate of drug-likeness (QED) is 0.440. The molecule has 2 fully saturated rings. The van der Waals surface area contributed by atoms with Gasteiger partial charge in [0.15, 0.2) is 0 Å². The highest BCUT2D eigenvalue weighted by atomic mass is 32.1. The molecule has 0 aromatic carbocycles. The predicted octanol–water partition coefficient (Wildman–Crippen LogP) is 3.76. The van der Waals surface area contributed by atoms with Crippen molar-refractivity contribution in [2.75, 3.05) is 32.8 Å². The third kappa shape index (κ3) is 7.66. The number of hydrogen-bond acceptors (Lipinski definition) is 6. The number of nitrogens with two attached hydrogens (primary N) is 1. The Morgan fingerprint density at radius 2 is 1.80 bits per heavy atom. The Labute approximate surface area is 184 Å². The number of nitrogens with zero attached hydrogens (tertiary/aromatic N) is 4. The molecule has 2 saturated heterocycles. The number of hydrogen-bond donors (Lipinski definition) is 2. The van der Waals surface area contributed by atoms with Gasteiger partial charge in [0.05, 0.1) is 12.2 Å². The molecule has 0 aromatic rings. The lowest BCUT2D eigenvalue weighted by molar-refractivity contribution is -0.0857. The summed E-state index contributed by atoms with van der Waals surface area (Å²) in [6.07, 6.45) is 2.55. The normalized spacial score (nSPS) is 24.8. The van der Waals surface area contributed by atoms with Gasteiger partial charge in [0.2, 0.25) is 0 Å². The summed E-state index contributed by atoms with van der Waals surface area (Å²) in [6, 6.07) is 0.624. The molecule has 0 aromatic heterocycles. The first-order valence-corrected chi connectivity index (χ1v) is 11.1. The van der Waals surface area contributed by atoms with Crippen LogP contribution < -0.4 is 5.73 Å². The van der Waals surface area contributed by atoms with Crippen LogP contribution in [0.2, 0.25) is 0 Å². The lowest BCUT2D eigenvalue weighted by atomic mass is 9.84. The van der Waals surface area contributed by atoms with E-state index in [0.29, 0.717) is 18.2 Å². The number of rotatable bonds is 8. The summed E-state index contributed by atoms with van der Waals surface area (Å²) in [5.41, 5.74) is 5.19. The minimum absolute atomic E-state index is 0.0709. The Morgan fingerprint density at radius 3 is 2.30 bits per heavy atom. The van der Waals surface area contributed by atoms with Crippen LogP contribution in [-0.4, -0.2) is 78.6 Å². The smallest absolute Gasteiger partial charge is 0.327 e. The second-order valence-electron chi connectivity index (χ2n) is 8.90. The molecule has 9 heteroatoms. The van der Waals surface area contributed by atoms with Crippen molar-refractivity contribution in [3.63, 3.8) is 0 Å². The summed E-state index contributed by atoms with van der Waals surface area (Å²) in [4.78, 5) is 11.9. The van der Waals surface area contributed by atoms with Crippen LogP contribution in [0.3, 0.4) is 0 Å². The molecule has 0 saturated carbocycles. The second kappa shape index (κ2) is 11.1. The van der Waals surface area contributed by atoms with Crippen molar-refractivity contribution in [1.29, 1.82) is 0 Å². The standard InChI is InChI=1S/C21H36F3N5S/c1-16(25)20(2,30)12-17-4-10-29(11-5-17)19-6-8-28(9-7-19)15-27-14-18(13-26-3)21(22,23)24/h13-14,16-17,19,30H,3-12,15,25H2,1-2H3/b18-13+,27-14?. The van der Waals surface area contributed by atoms with Gasteiger partial charge < -0.3 is 10.6 Å². The SMILES string of the molecule is C=N/C=C(\C=NCN1CCC(N2CCC(CC(C)(S)C(C)N)CC2)CC1)C(F)(F)F. The van der Waals surface area contributed by atoms with E-state index in [1.165, 1.54) is 12.8 Å². The van der Waals surface area contributed by atoms with Crippen LogP contribution in [0, 0.1) is 5.92 Å². The summed E-state index contributed by atoms with van der Waals surface area (Å²) in [5, 5.41) is 0. The largest absolute Gasteiger partial charge is 0.419 e. The number of aliphatic imine (C=N–C) groups is 2. The van der Waals surface area contributed by atoms with E-state index in [1.807, 2.05) is 6.92 Å². The summed E-state index contributed by atoms with van der Waals surface area (Å²) in [5.74, 6) is 0.671. The number of likely N-dealkylation sites (tertiary alicyclic amines) is 2. The van der Waals surface area contributed by atoms with Crippen LogP contribution in [0.4, 0.5) is 13.2 Å². The molecule has 0 radical (unpaired) electrons. The first-order chi connectivity index (χ1) is 14.0. The van der Waals surface area contributed by atoms with Gasteiger partial charge in [0.1, 0.15) is 0 Å². The third-order valence-corrected chi connectivity index (χ3v) is 7.07. The fraction of sp³-hybridized carbons (Fsp3) is 0.810. The third-order valence-electron chi connectivity index (χ3n) is 6.48. The molecule has 0 aliphatic carbocycles. The van der Waals surface area contributed by atoms with E-state index in [-0.39, 0.29) is 17.5 Å². The zero-order valence-electron chi connectivity index (χ0n) is 18.1. The molecule has 30 heavy (non-hydrogen) atoms. The molecular formula is C21H36F3N5S. The molecular weight excluding hydrogens is 411 g/mol. The Hall–Kier alpha value is -0.900. The maximum atomic E-state index is 12.8. The van der Waals surface area contributed by atoms with Crippen molar-refractivity contribution < 1.29 is 13.2 Å². The number of allylic oxidation sites excluding steroid dienone is 1. The molecule has 172 valence electrons. The Balaban J connectivity index is 1.73. The molecule has 2 atom stereocenters. The van der Waals surface area contributed by atoms with E-state index < -0.39 is 11.7 Å². The lowest BCUT2D eigenvalue weighted by Gasteiger charge is -2.43. The van der Waals surface area contributed by atoms with E-state index in [9.17, 15) is 13.2 Å². The monoisotopic (exact) mass is 447 g/mol. The van der Waals surface area contributed by atoms with Crippen molar-refractivity contribution >= 4 is 25.6 Å². The first kappa shape index (κ1) is 25.4. The average molecular weight is 448 g/mol. The summed E-state index contributed by atoms with van der Waals surface area (Å²) in [6.45, 7) is 11.4. The van der Waals surface area contributed by atoms with E-state index in [4.69, 9.17) is 18.4 Å². The zero-order valence-corrected chi connectivity index (χ0v) is 19.0. The number of thiol groups is 1. The molecule has 2 heterocycles. The molecule has 2 unspecified atom stereocenters. The fourth-order valence-corrected chi connectivity index (χ4v) is 4.51. The van der Waals surface area contributed by atoms with Crippen LogP contribution in [0.5, 0.6) is 0 Å². The first-order valence-electron chi connectivity index (χ1n) is 10.7. The highest BCUT2D eigenvalue weighted by Crippen LogP contribution is 2.33. The van der Waals surface area contributed by atoms with Crippen molar-refractivity contribution in [3.05, 3.63) is 11.8 Å². The molecule has 2 rings (SSSR count). The van der Waals surface area contributed by atoms with Gasteiger partial charge in [-0.2, -0.15) is 25.8 Å². The number of halogens is 3. The summed E-state index contributed by atoms with van der Waals surface area (Å²) < 4.78 is 38.3. The molecule has 2 aliphatic rings. The van der Waals surface area contributed by atoms with Gasteiger partial charge in [-0.05, 0) is 71.7 Å². The molecule has 0 amide bonds. The average Bonchev–Trinajstić information content (AvgIpc) is 2.67. The highest BCUT2D eigenvalue weighted by Gasteiger charge is 2.34. The van der Waals surface area contributed by atoms with Crippen molar-refractivity contribution in [3.8, 4) is 0 Å². The predicted molar refractivity (Wildman–Crippen MR) is 122 cm³/mol.